The number of pyridine rings is 1. The van der Waals surface area contributed by atoms with Crippen LogP contribution in [-0.4, -0.2) is 20.8 Å². The lowest BCUT2D eigenvalue weighted by molar-refractivity contribution is 0.112. The number of fused-ring (bicyclic) bond motifs is 1. The Morgan fingerprint density at radius 1 is 1.44 bits per heavy atom. The summed E-state index contributed by atoms with van der Waals surface area (Å²) in [6.45, 7) is 2.51. The fraction of sp³-hybridized carbons (Fsp3) is 0.333. The molecule has 94 valence electrons. The average Bonchev–Trinajstić information content (AvgIpc) is 2.38. The molecule has 2 aromatic rings. The van der Waals surface area contributed by atoms with Gasteiger partial charge in [-0.1, -0.05) is 13.3 Å². The number of rotatable bonds is 4. The molecule has 1 N–H and O–H groups in total. The smallest absolute Gasteiger partial charge is 0.298 e. The Balaban J connectivity index is 2.74. The van der Waals surface area contributed by atoms with Crippen molar-refractivity contribution in [2.45, 2.75) is 26.3 Å². The van der Waals surface area contributed by atoms with E-state index in [0.717, 1.165) is 12.8 Å². The molecule has 0 aliphatic rings. The number of aromatic amines is 1. The lowest BCUT2D eigenvalue weighted by atomic mass is 10.2. The molecule has 0 unspecified atom stereocenters. The van der Waals surface area contributed by atoms with Crippen LogP contribution in [0, 0.1) is 0 Å². The van der Waals surface area contributed by atoms with Gasteiger partial charge in [0.05, 0.1) is 5.39 Å². The lowest BCUT2D eigenvalue weighted by Gasteiger charge is -2.07. The highest BCUT2D eigenvalue weighted by molar-refractivity contribution is 5.83. The van der Waals surface area contributed by atoms with Crippen LogP contribution in [0.25, 0.3) is 11.0 Å². The van der Waals surface area contributed by atoms with Crippen LogP contribution in [0.4, 0.5) is 0 Å². The van der Waals surface area contributed by atoms with Gasteiger partial charge in [0.2, 0.25) is 0 Å². The molecular weight excluding hydrogens is 234 g/mol. The van der Waals surface area contributed by atoms with Crippen molar-refractivity contribution in [1.29, 1.82) is 0 Å². The van der Waals surface area contributed by atoms with Gasteiger partial charge < -0.3 is 0 Å². The van der Waals surface area contributed by atoms with Crippen molar-refractivity contribution in [2.24, 2.45) is 0 Å². The van der Waals surface area contributed by atoms with Gasteiger partial charge >= 0.3 is 5.69 Å². The molecule has 0 aliphatic heterocycles. The molecule has 0 spiro atoms. The van der Waals surface area contributed by atoms with Gasteiger partial charge in [-0.2, -0.15) is 0 Å². The number of aryl methyl sites for hydroxylation is 1. The van der Waals surface area contributed by atoms with E-state index in [1.54, 1.807) is 0 Å². The van der Waals surface area contributed by atoms with E-state index in [1.165, 1.54) is 16.8 Å². The molecule has 2 rings (SSSR count). The predicted molar refractivity (Wildman–Crippen MR) is 66.9 cm³/mol. The van der Waals surface area contributed by atoms with Crippen molar-refractivity contribution in [3.05, 3.63) is 38.7 Å². The van der Waals surface area contributed by atoms with Crippen LogP contribution in [0.5, 0.6) is 0 Å². The standard InChI is InChI=1S/C12H13N3O3/c1-2-3-4-15-10-9(11(17)14-12(15)18)5-8(7-16)6-13-10/h5-7H,2-4H2,1H3,(H,14,17,18). The van der Waals surface area contributed by atoms with Crippen molar-refractivity contribution in [2.75, 3.05) is 0 Å². The first kappa shape index (κ1) is 12.2. The van der Waals surface area contributed by atoms with E-state index >= 15 is 0 Å². The Hall–Kier alpha value is -2.24. The second kappa shape index (κ2) is 4.95. The Labute approximate surface area is 102 Å². The van der Waals surface area contributed by atoms with Crippen LogP contribution in [0.2, 0.25) is 0 Å². The Morgan fingerprint density at radius 2 is 2.22 bits per heavy atom. The normalized spacial score (nSPS) is 10.7. The molecule has 0 bridgehead atoms. The van der Waals surface area contributed by atoms with Crippen molar-refractivity contribution >= 4 is 17.3 Å². The van der Waals surface area contributed by atoms with Gasteiger partial charge in [0.25, 0.3) is 5.56 Å². The maximum atomic E-state index is 11.7. The number of unbranched alkanes of at least 4 members (excludes halogenated alkanes) is 1. The molecule has 6 heteroatoms. The SMILES string of the molecule is CCCCn1c(=O)[nH]c(=O)c2cc(C=O)cnc21. The number of carbonyl (C=O) groups is 1. The van der Waals surface area contributed by atoms with Gasteiger partial charge in [0, 0.05) is 18.3 Å². The van der Waals surface area contributed by atoms with E-state index in [1.807, 2.05) is 6.92 Å². The van der Waals surface area contributed by atoms with E-state index in [0.29, 0.717) is 24.0 Å². The van der Waals surface area contributed by atoms with Gasteiger partial charge in [-0.05, 0) is 12.5 Å². The van der Waals surface area contributed by atoms with Crippen molar-refractivity contribution in [1.82, 2.24) is 14.5 Å². The van der Waals surface area contributed by atoms with Gasteiger partial charge in [0.15, 0.2) is 6.29 Å². The molecule has 0 fully saturated rings. The number of aldehydes is 1. The third-order valence-electron chi connectivity index (χ3n) is 2.73. The fourth-order valence-electron chi connectivity index (χ4n) is 1.77. The predicted octanol–water partition coefficient (Wildman–Crippen LogP) is 0.697. The average molecular weight is 247 g/mol. The summed E-state index contributed by atoms with van der Waals surface area (Å²) in [4.78, 5) is 40.3. The number of H-pyrrole nitrogens is 1. The maximum Gasteiger partial charge on any atom is 0.329 e. The minimum absolute atomic E-state index is 0.260. The molecule has 0 atom stereocenters. The summed E-state index contributed by atoms with van der Waals surface area (Å²) in [6.07, 6.45) is 3.72. The van der Waals surface area contributed by atoms with Crippen molar-refractivity contribution < 1.29 is 4.79 Å². The van der Waals surface area contributed by atoms with Gasteiger partial charge in [0.1, 0.15) is 5.65 Å². The largest absolute Gasteiger partial charge is 0.329 e. The molecule has 2 heterocycles. The van der Waals surface area contributed by atoms with Gasteiger partial charge in [-0.15, -0.1) is 0 Å². The topological polar surface area (TPSA) is 84.8 Å². The van der Waals surface area contributed by atoms with Crippen LogP contribution in [0.15, 0.2) is 21.9 Å². The molecule has 0 aliphatic carbocycles. The summed E-state index contributed by atoms with van der Waals surface area (Å²) in [5.41, 5.74) is -0.345. The van der Waals surface area contributed by atoms with Crippen LogP contribution in [0.3, 0.4) is 0 Å². The molecule has 2 aromatic heterocycles. The second-order valence-electron chi connectivity index (χ2n) is 4.02. The fourth-order valence-corrected chi connectivity index (χ4v) is 1.77. The van der Waals surface area contributed by atoms with E-state index in [4.69, 9.17) is 0 Å². The highest BCUT2D eigenvalue weighted by atomic mass is 16.2. The monoisotopic (exact) mass is 247 g/mol. The second-order valence-corrected chi connectivity index (χ2v) is 4.02. The Kier molecular flexibility index (Phi) is 3.36. The van der Waals surface area contributed by atoms with E-state index < -0.39 is 11.2 Å². The summed E-state index contributed by atoms with van der Waals surface area (Å²) in [6, 6.07) is 1.44. The number of hydrogen-bond acceptors (Lipinski definition) is 4. The van der Waals surface area contributed by atoms with Gasteiger partial charge in [-0.25, -0.2) is 9.78 Å². The summed E-state index contributed by atoms with van der Waals surface area (Å²) >= 11 is 0. The molecule has 0 saturated heterocycles. The summed E-state index contributed by atoms with van der Waals surface area (Å²) in [5, 5.41) is 0.260. The van der Waals surface area contributed by atoms with E-state index in [2.05, 4.69) is 9.97 Å². The Morgan fingerprint density at radius 3 is 2.89 bits per heavy atom. The maximum absolute atomic E-state index is 11.7. The van der Waals surface area contributed by atoms with Crippen LogP contribution < -0.4 is 11.2 Å². The first-order valence-corrected chi connectivity index (χ1v) is 5.75. The molecule has 18 heavy (non-hydrogen) atoms. The quantitative estimate of drug-likeness (QED) is 0.806. The number of nitrogens with one attached hydrogen (secondary N) is 1. The summed E-state index contributed by atoms with van der Waals surface area (Å²) < 4.78 is 1.43. The van der Waals surface area contributed by atoms with E-state index in [-0.39, 0.29) is 5.39 Å². The summed E-state index contributed by atoms with van der Waals surface area (Å²) in [5.74, 6) is 0. The highest BCUT2D eigenvalue weighted by Gasteiger charge is 2.08. The third-order valence-corrected chi connectivity index (χ3v) is 2.73. The molecule has 0 radical (unpaired) electrons. The lowest BCUT2D eigenvalue weighted by Crippen LogP contribution is -2.31. The molecular formula is C12H13N3O3. The molecule has 0 aromatic carbocycles. The van der Waals surface area contributed by atoms with Crippen LogP contribution in [-0.2, 0) is 6.54 Å². The third kappa shape index (κ3) is 2.09. The van der Waals surface area contributed by atoms with Crippen molar-refractivity contribution in [3.63, 3.8) is 0 Å². The summed E-state index contributed by atoms with van der Waals surface area (Å²) in [7, 11) is 0. The zero-order chi connectivity index (χ0) is 13.1. The number of carbonyl (C=O) groups excluding carboxylic acids is 1. The number of nitrogens with zero attached hydrogens (tertiary/aromatic N) is 2. The highest BCUT2D eigenvalue weighted by Crippen LogP contribution is 2.07. The van der Waals surface area contributed by atoms with E-state index in [9.17, 15) is 14.4 Å². The zero-order valence-corrected chi connectivity index (χ0v) is 9.97. The number of aromatic nitrogens is 3. The molecule has 0 saturated carbocycles. The van der Waals surface area contributed by atoms with Crippen molar-refractivity contribution in [3.8, 4) is 0 Å². The first-order chi connectivity index (χ1) is 8.67. The minimum Gasteiger partial charge on any atom is -0.298 e. The van der Waals surface area contributed by atoms with Crippen LogP contribution in [0.1, 0.15) is 30.1 Å². The zero-order valence-electron chi connectivity index (χ0n) is 9.97. The Bertz CT molecular complexity index is 700. The molecule has 6 nitrogen and oxygen atoms in total. The van der Waals surface area contributed by atoms with Crippen LogP contribution >= 0.6 is 0 Å². The minimum atomic E-state index is -0.515. The first-order valence-electron chi connectivity index (χ1n) is 5.75. The van der Waals surface area contributed by atoms with Gasteiger partial charge in [-0.3, -0.25) is 19.1 Å². The number of hydrogen-bond donors (Lipinski definition) is 1. The molecule has 0 amide bonds.